The van der Waals surface area contributed by atoms with Gasteiger partial charge in [-0.05, 0) is 212 Å². The maximum absolute atomic E-state index is 12.2. The van der Waals surface area contributed by atoms with Gasteiger partial charge in [0.25, 0.3) is 27.8 Å². The number of carbonyl (C=O) groups is 1. The highest BCUT2D eigenvalue weighted by Gasteiger charge is 2.49. The number of rotatable bonds is 35. The highest BCUT2D eigenvalue weighted by molar-refractivity contribution is 7.73. The first kappa shape index (κ1) is 110. The molecule has 5 fully saturated rings. The summed E-state index contributed by atoms with van der Waals surface area (Å²) in [5.41, 5.74) is -2.72. The Morgan fingerprint density at radius 1 is 0.378 bits per heavy atom. The number of ether oxygens (including phenoxy) is 5. The molecule has 5 aromatic rings. The Hall–Kier alpha value is -5.83. The molecule has 10 heterocycles. The van der Waals surface area contributed by atoms with E-state index in [-0.39, 0.29) is 37.6 Å². The lowest BCUT2D eigenvalue weighted by Gasteiger charge is -2.20. The fourth-order valence-electron chi connectivity index (χ4n) is 13.9. The molecule has 44 heteroatoms. The lowest BCUT2D eigenvalue weighted by atomic mass is 10.1. The van der Waals surface area contributed by atoms with Crippen LogP contribution in [0.3, 0.4) is 0 Å². The second kappa shape index (κ2) is 48.7. The molecule has 5 aliphatic heterocycles. The van der Waals surface area contributed by atoms with E-state index in [1.54, 1.807) is 12.4 Å². The topological polar surface area (TPSA) is 542 Å². The number of hydrogen-bond acceptors (Lipinski definition) is 29. The van der Waals surface area contributed by atoms with E-state index in [0.717, 1.165) is 83.4 Å². The van der Waals surface area contributed by atoms with Gasteiger partial charge in [-0.2, -0.15) is 0 Å². The largest absolute Gasteiger partial charge is 0.388 e. The van der Waals surface area contributed by atoms with Crippen LogP contribution in [0.15, 0.2) is 82.0 Å². The first-order chi connectivity index (χ1) is 59.0. The second-order valence-electron chi connectivity index (χ2n) is 36.1. The van der Waals surface area contributed by atoms with Crippen LogP contribution in [0.4, 0.5) is 0 Å². The van der Waals surface area contributed by atoms with E-state index in [9.17, 15) is 94.2 Å². The highest BCUT2D eigenvalue weighted by atomic mass is 32.1. The number of ketones is 1. The van der Waals surface area contributed by atoms with Gasteiger partial charge in [-0.15, -0.1) is 65.9 Å². The van der Waals surface area contributed by atoms with Crippen LogP contribution in [0.1, 0.15) is 138 Å². The van der Waals surface area contributed by atoms with Gasteiger partial charge in [-0.3, -0.25) is 76.5 Å². The first-order valence-electron chi connectivity index (χ1n) is 42.2. The molecule has 127 heavy (non-hydrogen) atoms. The molecule has 0 amide bonds. The van der Waals surface area contributed by atoms with Gasteiger partial charge >= 0.3 is 17.1 Å². The van der Waals surface area contributed by atoms with Gasteiger partial charge in [0, 0.05) is 67.3 Å². The Balaban J connectivity index is 0.000000245. The molecule has 18 N–H and O–H groups in total. The Labute approximate surface area is 750 Å². The number of aliphatic hydroxyl groups is 10. The van der Waals surface area contributed by atoms with Gasteiger partial charge < -0.3 is 90.7 Å². The van der Waals surface area contributed by atoms with Crippen LogP contribution in [0, 0.1) is 9.54 Å². The van der Waals surface area contributed by atoms with E-state index < -0.39 is 191 Å². The van der Waals surface area contributed by atoms with Crippen molar-refractivity contribution in [1.29, 1.82) is 0 Å². The van der Waals surface area contributed by atoms with Gasteiger partial charge in [0.05, 0.1) is 41.6 Å². The Morgan fingerprint density at radius 3 is 0.858 bits per heavy atom. The van der Waals surface area contributed by atoms with E-state index in [2.05, 4.69) is 146 Å². The number of aliphatic hydroxyl groups excluding tert-OH is 10. The van der Waals surface area contributed by atoms with E-state index in [1.165, 1.54) is 52.9 Å². The molecule has 5 saturated heterocycles. The molecule has 0 bridgehead atoms. The molecular formula is C83H138N13O24P5S2. The van der Waals surface area contributed by atoms with E-state index in [0.29, 0.717) is 68.4 Å². The van der Waals surface area contributed by atoms with Gasteiger partial charge in [0.15, 0.2) is 46.5 Å². The normalized spacial score (nSPS) is 26.7. The van der Waals surface area contributed by atoms with Crippen molar-refractivity contribution in [3.8, 4) is 0 Å². The fraction of sp³-hybridized carbons (Fsp3) is 0.639. The summed E-state index contributed by atoms with van der Waals surface area (Å²) in [7, 11) is 0. The molecule has 0 aliphatic carbocycles. The molecule has 0 aromatic carbocycles. The molecular weight excluding hydrogens is 1780 g/mol. The van der Waals surface area contributed by atoms with Crippen molar-refractivity contribution >= 4 is 108 Å². The maximum atomic E-state index is 12.2. The smallest absolute Gasteiger partial charge is 0.330 e. The van der Waals surface area contributed by atoms with E-state index in [1.807, 2.05) is 20.8 Å². The third kappa shape index (κ3) is 32.8. The highest BCUT2D eigenvalue weighted by Crippen LogP contribution is 2.44. The summed E-state index contributed by atoms with van der Waals surface area (Å²) in [6, 6.07) is 0. The van der Waals surface area contributed by atoms with Crippen LogP contribution in [-0.4, -0.2) is 345 Å². The first-order valence-corrected chi connectivity index (χ1v) is 58.2. The minimum absolute atomic E-state index is 0.0679. The number of nitrogens with one attached hydrogen (secondary N) is 8. The molecule has 37 nitrogen and oxygen atoms in total. The predicted molar refractivity (Wildman–Crippen MR) is 518 cm³/mol. The average Bonchev–Trinajstić information content (AvgIpc) is 1.69. The zero-order valence-corrected chi connectivity index (χ0v) is 81.4. The van der Waals surface area contributed by atoms with E-state index in [4.69, 9.17) is 48.1 Å². The molecule has 0 spiro atoms. The summed E-state index contributed by atoms with van der Waals surface area (Å²) in [6.45, 7) is 28.9. The van der Waals surface area contributed by atoms with Crippen molar-refractivity contribution < 1.29 is 79.5 Å². The predicted octanol–water partition coefficient (Wildman–Crippen LogP) is 1.76. The van der Waals surface area contributed by atoms with Crippen LogP contribution in [-0.2, 0) is 48.1 Å². The van der Waals surface area contributed by atoms with Gasteiger partial charge in [0.1, 0.15) is 61.0 Å². The number of carbonyl (C=O) groups excluding carboxylic acids is 1. The van der Waals surface area contributed by atoms with Gasteiger partial charge in [0.2, 0.25) is 0 Å². The SMILES string of the molecule is C=Cc1cn([C@@H]2O[C@H](CCP(=C)(C)C)[C@@H](O)[C@H]2O)c(=O)[nH]c1=O.C=P(C)(C)CC[C@H]1O[C@@H](n2cc(/C=C/C(C)=O)c(=O)[nH]c2=O)[C@H](O)[C@@H]1O.C=P(C)(C)CC[C@H]1O[C@@H](n2cc(CNCCC)c(=O)[nH]c2=O)[C@H](O)[C@@H]1O.C=P(C)(C)CC[C@H]1O[C@@H](n2cc(CNCCC)c(=O)[nH]c2=S)[C@H](O)[C@@H]1O.C=P(C)(C)CC[C@H]1O[C@@H](n2cc(CNCCC)c(=O)[nH]c2=S)[C@H](O)[C@@H]1O. The summed E-state index contributed by atoms with van der Waals surface area (Å²) in [4.78, 5) is 119. The van der Waals surface area contributed by atoms with Crippen molar-refractivity contribution in [3.63, 3.8) is 0 Å². The molecule has 0 radical (unpaired) electrons. The zero-order chi connectivity index (χ0) is 95.5. The van der Waals surface area contributed by atoms with Crippen molar-refractivity contribution in [2.24, 2.45) is 0 Å². The number of hydrogen-bond donors (Lipinski definition) is 18. The summed E-state index contributed by atoms with van der Waals surface area (Å²) >= 11 is 10.5. The molecule has 10 rings (SSSR count). The quantitative estimate of drug-likeness (QED) is 0.0119. The third-order valence-electron chi connectivity index (χ3n) is 21.2. The Kier molecular flexibility index (Phi) is 42.2. The van der Waals surface area contributed by atoms with Crippen molar-refractivity contribution in [1.82, 2.24) is 63.7 Å². The lowest BCUT2D eigenvalue weighted by molar-refractivity contribution is -0.112. The summed E-state index contributed by atoms with van der Waals surface area (Å²) < 4.78 is 35.6. The van der Waals surface area contributed by atoms with Crippen molar-refractivity contribution in [2.45, 2.75) is 221 Å². The average molecular weight is 1920 g/mol. The van der Waals surface area contributed by atoms with Crippen molar-refractivity contribution in [2.75, 3.05) is 117 Å². The summed E-state index contributed by atoms with van der Waals surface area (Å²) in [5.74, 6) is -0.256. The summed E-state index contributed by atoms with van der Waals surface area (Å²) in [5, 5.41) is 113. The van der Waals surface area contributed by atoms with Crippen LogP contribution in [0.5, 0.6) is 0 Å². The molecule has 716 valence electrons. The Bertz CT molecular complexity index is 5150. The monoisotopic (exact) mass is 1920 g/mol. The summed E-state index contributed by atoms with van der Waals surface area (Å²) in [6.07, 6.45) is 22.3. The zero-order valence-electron chi connectivity index (χ0n) is 75.3. The molecule has 0 unspecified atom stereocenters. The number of aromatic amines is 5. The van der Waals surface area contributed by atoms with Gasteiger partial charge in [-0.1, -0.05) is 33.4 Å². The standard InChI is InChI=1S/C17H30N3O5P.2C17H30N3O4PS.C17H25N2O6P.C15H23N2O5P/c1-5-7-18-9-11-10-20(17(24)19-15(11)23)16-14(22)13(21)12(25-16)6-8-26(2,3)4;2*1-5-7-18-9-11-10-20(17(26)19-15(11)23)16-14(22)13(21)12(24-16)6-8-25(2,3)4;1-10(20)5-6-11-9-19(17(24)18-15(11)23)16-14(22)13(21)12(25-16)7-8-26(2,3)4;1-5-9-8-17(15(21)16-13(9)20)14-12(19)11(18)10(22-14)6-7-23(2,3)4/h10,12-14,16,18,21-22H,2,5-9H2,1,3-4H3,(H,19,23,24);2*10,12-14,16,18,21-22H,2,5-9H2,1,3-4H3,(H,19,23,26);5-6,9,12-14,16,21-22H,2,7-8H2,1,3-4H3,(H,18,23,24);5,8,10-12,14,18-19H,1-2,6-7H2,3-4H3,(H,16,20,21)/b;;;6-5+;/t4*12-,13-,14-,16-;10-,11-,12-,14-/m11111/s1. The molecule has 20 atom stereocenters. The van der Waals surface area contributed by atoms with Crippen LogP contribution < -0.4 is 60.8 Å². The molecule has 5 aliphatic rings. The molecule has 5 aromatic heterocycles. The number of aromatic nitrogens is 10. The third-order valence-corrected chi connectivity index (χ3v) is 29.2. The van der Waals surface area contributed by atoms with Crippen LogP contribution in [0.25, 0.3) is 12.2 Å². The number of nitrogens with zero attached hydrogens (tertiary/aromatic N) is 5. The number of allylic oxidation sites excluding steroid dienone is 1. The van der Waals surface area contributed by atoms with Crippen molar-refractivity contribution in [3.05, 3.63) is 164 Å². The number of H-pyrrole nitrogens is 5. The van der Waals surface area contributed by atoms with E-state index >= 15 is 0 Å². The minimum atomic E-state index is -1.33. The minimum Gasteiger partial charge on any atom is -0.388 e. The lowest BCUT2D eigenvalue weighted by Crippen LogP contribution is -2.39. The Morgan fingerprint density at radius 2 is 0.606 bits per heavy atom. The second-order valence-corrected chi connectivity index (χ2v) is 58.5. The van der Waals surface area contributed by atoms with Crippen LogP contribution in [0.2, 0.25) is 0 Å². The maximum Gasteiger partial charge on any atom is 0.330 e. The van der Waals surface area contributed by atoms with Crippen LogP contribution >= 0.6 is 58.9 Å². The fourth-order valence-corrected chi connectivity index (χ4v) is 19.2. The van der Waals surface area contributed by atoms with Gasteiger partial charge in [-0.25, -0.2) is 14.4 Å². The molecule has 0 saturated carbocycles.